The first-order valence-electron chi connectivity index (χ1n) is 11.9. The van der Waals surface area contributed by atoms with E-state index >= 15 is 0 Å². The summed E-state index contributed by atoms with van der Waals surface area (Å²) in [6, 6.07) is 25.4. The molecule has 4 aromatic carbocycles. The van der Waals surface area contributed by atoms with Crippen LogP contribution in [0.15, 0.2) is 84.9 Å². The molecule has 0 saturated carbocycles. The molecule has 0 heterocycles. The largest absolute Gasteiger partial charge is 0.488 e. The van der Waals surface area contributed by atoms with E-state index in [1.165, 1.54) is 12.1 Å². The molecule has 4 aromatic rings. The van der Waals surface area contributed by atoms with Crippen molar-refractivity contribution in [3.63, 3.8) is 0 Å². The first-order valence-corrected chi connectivity index (χ1v) is 11.9. The summed E-state index contributed by atoms with van der Waals surface area (Å²) in [6.45, 7) is 0.842. The summed E-state index contributed by atoms with van der Waals surface area (Å²) in [4.78, 5) is 23.2. The molecule has 4 N–H and O–H groups in total. The second-order valence-corrected chi connectivity index (χ2v) is 8.34. The van der Waals surface area contributed by atoms with Crippen LogP contribution in [0, 0.1) is 0 Å². The van der Waals surface area contributed by atoms with Crippen LogP contribution in [-0.4, -0.2) is 25.8 Å². The highest BCUT2D eigenvalue weighted by Crippen LogP contribution is 2.32. The minimum Gasteiger partial charge on any atom is -0.488 e. The number of ether oxygens (including phenoxy) is 4. The topological polar surface area (TPSA) is 123 Å². The highest BCUT2D eigenvalue weighted by molar-refractivity contribution is 5.83. The summed E-state index contributed by atoms with van der Waals surface area (Å²) in [5.74, 6) is 1.39. The van der Waals surface area contributed by atoms with Crippen molar-refractivity contribution in [3.8, 4) is 23.0 Å². The van der Waals surface area contributed by atoms with Crippen LogP contribution in [0.1, 0.15) is 31.8 Å². The average Bonchev–Trinajstić information content (AvgIpc) is 2.95. The summed E-state index contributed by atoms with van der Waals surface area (Å²) in [6.07, 6.45) is 1.37. The van der Waals surface area contributed by atoms with Crippen LogP contribution in [0.4, 0.5) is 11.4 Å². The van der Waals surface area contributed by atoms with Gasteiger partial charge >= 0.3 is 0 Å². The maximum atomic E-state index is 11.6. The molecule has 194 valence electrons. The van der Waals surface area contributed by atoms with Gasteiger partial charge in [0.05, 0.1) is 22.5 Å². The van der Waals surface area contributed by atoms with Crippen LogP contribution in [0.2, 0.25) is 0 Å². The molecular weight excluding hydrogens is 484 g/mol. The monoisotopic (exact) mass is 512 g/mol. The number of benzene rings is 4. The van der Waals surface area contributed by atoms with E-state index < -0.39 is 0 Å². The van der Waals surface area contributed by atoms with Crippen molar-refractivity contribution in [2.75, 3.05) is 24.7 Å². The zero-order valence-corrected chi connectivity index (χ0v) is 20.7. The third-order valence-electron chi connectivity index (χ3n) is 5.61. The number of hydrogen-bond donors (Lipinski definition) is 2. The lowest BCUT2D eigenvalue weighted by atomic mass is 10.1. The Labute approximate surface area is 220 Å². The molecule has 0 fully saturated rings. The molecule has 0 aliphatic carbocycles. The standard InChI is InChI=1S/C30H28N2O6/c31-25-15-27(37-19-21-7-3-1-4-8-21)23(17-33)13-29(25)35-11-12-36-30-14-24(18-34)28(16-26(30)32)38-20-22-9-5-2-6-10-22/h1-10,13-18H,11-12,19-20,31-32H2. The van der Waals surface area contributed by atoms with Crippen molar-refractivity contribution in [1.29, 1.82) is 0 Å². The lowest BCUT2D eigenvalue weighted by Crippen LogP contribution is -2.12. The van der Waals surface area contributed by atoms with Crippen LogP contribution in [0.3, 0.4) is 0 Å². The quantitative estimate of drug-likeness (QED) is 0.144. The molecule has 38 heavy (non-hydrogen) atoms. The van der Waals surface area contributed by atoms with Crippen LogP contribution >= 0.6 is 0 Å². The fourth-order valence-electron chi connectivity index (χ4n) is 3.64. The Morgan fingerprint density at radius 2 is 0.921 bits per heavy atom. The molecule has 0 atom stereocenters. The van der Waals surface area contributed by atoms with Crippen LogP contribution in [0.25, 0.3) is 0 Å². The molecule has 0 aliphatic heterocycles. The van der Waals surface area contributed by atoms with Gasteiger partial charge in [0.15, 0.2) is 12.6 Å². The third-order valence-corrected chi connectivity index (χ3v) is 5.61. The second kappa shape index (κ2) is 12.8. The number of carbonyl (C=O) groups excluding carboxylic acids is 2. The zero-order valence-electron chi connectivity index (χ0n) is 20.7. The van der Waals surface area contributed by atoms with Gasteiger partial charge in [-0.15, -0.1) is 0 Å². The van der Waals surface area contributed by atoms with Gasteiger partial charge in [-0.1, -0.05) is 60.7 Å². The summed E-state index contributed by atoms with van der Waals surface area (Å²) >= 11 is 0. The SMILES string of the molecule is Nc1cc(OCc2ccccc2)c(C=O)cc1OCCOc1cc(C=O)c(OCc2ccccc2)cc1N. The van der Waals surface area contributed by atoms with Gasteiger partial charge in [-0.3, -0.25) is 9.59 Å². The Balaban J connectivity index is 1.33. The molecule has 4 rings (SSSR count). The summed E-state index contributed by atoms with van der Waals surface area (Å²) in [5.41, 5.74) is 15.5. The second-order valence-electron chi connectivity index (χ2n) is 8.34. The van der Waals surface area contributed by atoms with E-state index in [4.69, 9.17) is 30.4 Å². The van der Waals surface area contributed by atoms with E-state index in [2.05, 4.69) is 0 Å². The van der Waals surface area contributed by atoms with E-state index in [9.17, 15) is 9.59 Å². The molecular formula is C30H28N2O6. The predicted molar refractivity (Wildman–Crippen MR) is 145 cm³/mol. The predicted octanol–water partition coefficient (Wildman–Crippen LogP) is 5.09. The van der Waals surface area contributed by atoms with Crippen molar-refractivity contribution in [1.82, 2.24) is 0 Å². The number of hydrogen-bond acceptors (Lipinski definition) is 8. The number of rotatable bonds is 13. The molecule has 0 saturated heterocycles. The fraction of sp³-hybridized carbons (Fsp3) is 0.133. The number of aldehydes is 2. The highest BCUT2D eigenvalue weighted by atomic mass is 16.5. The lowest BCUT2D eigenvalue weighted by molar-refractivity contribution is 0.111. The fourth-order valence-corrected chi connectivity index (χ4v) is 3.64. The Bertz CT molecular complexity index is 1270. The van der Waals surface area contributed by atoms with Gasteiger partial charge in [-0.05, 0) is 23.3 Å². The number of nitrogen functional groups attached to an aromatic ring is 2. The van der Waals surface area contributed by atoms with E-state index in [-0.39, 0.29) is 13.2 Å². The first kappa shape index (κ1) is 26.1. The Morgan fingerprint density at radius 3 is 1.29 bits per heavy atom. The van der Waals surface area contributed by atoms with Crippen molar-refractivity contribution in [2.24, 2.45) is 0 Å². The van der Waals surface area contributed by atoms with Crippen LogP contribution in [-0.2, 0) is 13.2 Å². The zero-order chi connectivity index (χ0) is 26.7. The van der Waals surface area contributed by atoms with Gasteiger partial charge in [0, 0.05) is 12.1 Å². The normalized spacial score (nSPS) is 10.4. The lowest BCUT2D eigenvalue weighted by Gasteiger charge is -2.15. The minimum atomic E-state index is 0.120. The summed E-state index contributed by atoms with van der Waals surface area (Å²) in [7, 11) is 0. The van der Waals surface area contributed by atoms with E-state index in [0.717, 1.165) is 11.1 Å². The number of carbonyl (C=O) groups is 2. The maximum Gasteiger partial charge on any atom is 0.153 e. The molecule has 0 aromatic heterocycles. The molecule has 0 bridgehead atoms. The summed E-state index contributed by atoms with van der Waals surface area (Å²) < 4.78 is 23.0. The number of anilines is 2. The molecule has 0 spiro atoms. The van der Waals surface area contributed by atoms with Gasteiger partial charge in [-0.2, -0.15) is 0 Å². The Morgan fingerprint density at radius 1 is 0.526 bits per heavy atom. The van der Waals surface area contributed by atoms with E-state index in [0.29, 0.717) is 71.3 Å². The van der Waals surface area contributed by atoms with Crippen molar-refractivity contribution in [3.05, 3.63) is 107 Å². The molecule has 0 amide bonds. The van der Waals surface area contributed by atoms with E-state index in [1.54, 1.807) is 12.1 Å². The molecule has 0 unspecified atom stereocenters. The van der Waals surface area contributed by atoms with Crippen molar-refractivity contribution < 1.29 is 28.5 Å². The smallest absolute Gasteiger partial charge is 0.153 e. The van der Waals surface area contributed by atoms with Gasteiger partial charge in [0.1, 0.15) is 49.4 Å². The highest BCUT2D eigenvalue weighted by Gasteiger charge is 2.13. The van der Waals surface area contributed by atoms with Gasteiger partial charge in [0.2, 0.25) is 0 Å². The minimum absolute atomic E-state index is 0.120. The van der Waals surface area contributed by atoms with Crippen molar-refractivity contribution in [2.45, 2.75) is 13.2 Å². The van der Waals surface area contributed by atoms with Crippen LogP contribution in [0.5, 0.6) is 23.0 Å². The third kappa shape index (κ3) is 6.82. The van der Waals surface area contributed by atoms with Gasteiger partial charge in [-0.25, -0.2) is 0 Å². The van der Waals surface area contributed by atoms with Gasteiger partial charge in [0.25, 0.3) is 0 Å². The number of nitrogens with two attached hydrogens (primary N) is 2. The van der Waals surface area contributed by atoms with Gasteiger partial charge < -0.3 is 30.4 Å². The molecule has 8 heteroatoms. The average molecular weight is 513 g/mol. The van der Waals surface area contributed by atoms with E-state index in [1.807, 2.05) is 60.7 Å². The Hall–Kier alpha value is -4.98. The Kier molecular flexibility index (Phi) is 8.80. The molecule has 8 nitrogen and oxygen atoms in total. The van der Waals surface area contributed by atoms with Crippen LogP contribution < -0.4 is 30.4 Å². The molecule has 0 radical (unpaired) electrons. The molecule has 0 aliphatic rings. The van der Waals surface area contributed by atoms with Crippen molar-refractivity contribution >= 4 is 23.9 Å². The maximum absolute atomic E-state index is 11.6. The summed E-state index contributed by atoms with van der Waals surface area (Å²) in [5, 5.41) is 0. The first-order chi connectivity index (χ1) is 18.6.